The van der Waals surface area contributed by atoms with Crippen molar-refractivity contribution in [1.82, 2.24) is 4.98 Å². The lowest BCUT2D eigenvalue weighted by Crippen LogP contribution is -2.07. The fraction of sp³-hybridized carbons (Fsp3) is 0.500. The van der Waals surface area contributed by atoms with Crippen molar-refractivity contribution >= 4 is 22.5 Å². The smallest absolute Gasteiger partial charge is 0.0647 e. The summed E-state index contributed by atoms with van der Waals surface area (Å²) in [6.07, 6.45) is 11.8. The summed E-state index contributed by atoms with van der Waals surface area (Å²) in [5, 5.41) is 2.13. The number of aromatic amines is 1. The summed E-state index contributed by atoms with van der Waals surface area (Å²) in [4.78, 5) is 3.31. The number of hydrogen-bond donors (Lipinski definition) is 1. The zero-order valence-electron chi connectivity index (χ0n) is 10.7. The van der Waals surface area contributed by atoms with Gasteiger partial charge in [0.2, 0.25) is 0 Å². The molecule has 0 saturated heterocycles. The van der Waals surface area contributed by atoms with Crippen LogP contribution in [0.3, 0.4) is 0 Å². The van der Waals surface area contributed by atoms with Gasteiger partial charge in [-0.2, -0.15) is 0 Å². The van der Waals surface area contributed by atoms with E-state index in [0.717, 1.165) is 16.5 Å². The molecule has 1 aliphatic carbocycles. The van der Waals surface area contributed by atoms with Crippen LogP contribution in [0.1, 0.15) is 44.1 Å². The zero-order chi connectivity index (χ0) is 12.4. The quantitative estimate of drug-likeness (QED) is 0.768. The van der Waals surface area contributed by atoms with Crippen molar-refractivity contribution in [3.05, 3.63) is 35.0 Å². The zero-order valence-corrected chi connectivity index (χ0v) is 11.5. The first-order valence-electron chi connectivity index (χ1n) is 7.09. The second kappa shape index (κ2) is 5.36. The van der Waals surface area contributed by atoms with Gasteiger partial charge in [0, 0.05) is 11.6 Å². The van der Waals surface area contributed by atoms with Gasteiger partial charge >= 0.3 is 0 Å². The molecule has 0 amide bonds. The van der Waals surface area contributed by atoms with Crippen LogP contribution in [0.2, 0.25) is 5.02 Å². The number of hydrogen-bond acceptors (Lipinski definition) is 0. The molecule has 1 nitrogen and oxygen atoms in total. The summed E-state index contributed by atoms with van der Waals surface area (Å²) in [5.41, 5.74) is 2.52. The summed E-state index contributed by atoms with van der Waals surface area (Å²) in [7, 11) is 0. The molecule has 0 radical (unpaired) electrons. The number of fused-ring (bicyclic) bond motifs is 1. The fourth-order valence-corrected chi connectivity index (χ4v) is 3.45. The van der Waals surface area contributed by atoms with Crippen molar-refractivity contribution in [2.75, 3.05) is 0 Å². The van der Waals surface area contributed by atoms with Crippen LogP contribution in [0.15, 0.2) is 24.4 Å². The van der Waals surface area contributed by atoms with Crippen LogP contribution < -0.4 is 0 Å². The average molecular weight is 262 g/mol. The van der Waals surface area contributed by atoms with Gasteiger partial charge in [-0.1, -0.05) is 55.8 Å². The van der Waals surface area contributed by atoms with Crippen LogP contribution in [0.4, 0.5) is 0 Å². The van der Waals surface area contributed by atoms with Crippen LogP contribution in [0.5, 0.6) is 0 Å². The Kier molecular flexibility index (Phi) is 3.60. The molecule has 0 spiro atoms. The van der Waals surface area contributed by atoms with E-state index >= 15 is 0 Å². The number of benzene rings is 1. The van der Waals surface area contributed by atoms with Gasteiger partial charge in [0.25, 0.3) is 0 Å². The minimum absolute atomic E-state index is 0.830. The third-order valence-electron chi connectivity index (χ3n) is 4.30. The number of rotatable bonds is 3. The Balaban J connectivity index is 1.72. The highest BCUT2D eigenvalue weighted by Crippen LogP contribution is 2.30. The predicted molar refractivity (Wildman–Crippen MR) is 78.2 cm³/mol. The molecule has 0 aliphatic heterocycles. The number of nitrogens with one attached hydrogen (secondary N) is 1. The summed E-state index contributed by atoms with van der Waals surface area (Å²) in [6.45, 7) is 0. The summed E-state index contributed by atoms with van der Waals surface area (Å²) < 4.78 is 0. The molecule has 1 aliphatic rings. The Hall–Kier alpha value is -0.950. The molecule has 3 rings (SSSR count). The highest BCUT2D eigenvalue weighted by molar-refractivity contribution is 6.35. The molecule has 0 unspecified atom stereocenters. The summed E-state index contributed by atoms with van der Waals surface area (Å²) >= 11 is 6.19. The molecule has 2 aromatic rings. The van der Waals surface area contributed by atoms with E-state index in [1.54, 1.807) is 0 Å². The van der Waals surface area contributed by atoms with Gasteiger partial charge in [-0.05, 0) is 30.4 Å². The van der Waals surface area contributed by atoms with Crippen molar-refractivity contribution in [3.63, 3.8) is 0 Å². The van der Waals surface area contributed by atoms with Gasteiger partial charge in [0.1, 0.15) is 0 Å². The Morgan fingerprint density at radius 2 is 2.00 bits per heavy atom. The second-order valence-corrected chi connectivity index (χ2v) is 5.93. The van der Waals surface area contributed by atoms with Crippen molar-refractivity contribution in [2.45, 2.75) is 44.9 Å². The van der Waals surface area contributed by atoms with Gasteiger partial charge in [-0.3, -0.25) is 0 Å². The first-order valence-corrected chi connectivity index (χ1v) is 7.47. The largest absolute Gasteiger partial charge is 0.360 e. The molecule has 0 bridgehead atoms. The van der Waals surface area contributed by atoms with Gasteiger partial charge in [-0.15, -0.1) is 0 Å². The molecule has 1 aromatic heterocycles. The SMILES string of the molecule is Clc1cccc2c(CCC3CCCCC3)c[nH]c12. The van der Waals surface area contributed by atoms with Crippen LogP contribution in [0, 0.1) is 5.92 Å². The number of halogens is 1. The minimum Gasteiger partial charge on any atom is -0.360 e. The van der Waals surface area contributed by atoms with Crippen LogP contribution in [-0.2, 0) is 6.42 Å². The number of aryl methyl sites for hydroxylation is 1. The molecule has 1 heterocycles. The molecule has 2 heteroatoms. The molecule has 96 valence electrons. The Labute approximate surface area is 114 Å². The molecule has 0 atom stereocenters. The van der Waals surface area contributed by atoms with Crippen LogP contribution >= 0.6 is 11.6 Å². The van der Waals surface area contributed by atoms with Crippen LogP contribution in [-0.4, -0.2) is 4.98 Å². The summed E-state index contributed by atoms with van der Waals surface area (Å²) in [6, 6.07) is 6.17. The standard InChI is InChI=1S/C16H20ClN/c17-15-8-4-7-14-13(11-18-16(14)15)10-9-12-5-2-1-3-6-12/h4,7-8,11-12,18H,1-3,5-6,9-10H2. The van der Waals surface area contributed by atoms with E-state index in [1.807, 2.05) is 12.1 Å². The molecule has 1 aromatic carbocycles. The van der Waals surface area contributed by atoms with Gasteiger partial charge < -0.3 is 4.98 Å². The normalized spacial score (nSPS) is 17.4. The van der Waals surface area contributed by atoms with Gasteiger partial charge in [0.15, 0.2) is 0 Å². The Bertz CT molecular complexity index is 523. The molecule has 1 saturated carbocycles. The van der Waals surface area contributed by atoms with Gasteiger partial charge in [-0.25, -0.2) is 0 Å². The predicted octanol–water partition coefficient (Wildman–Crippen LogP) is 5.33. The highest BCUT2D eigenvalue weighted by Gasteiger charge is 2.14. The number of H-pyrrole nitrogens is 1. The van der Waals surface area contributed by atoms with E-state index in [4.69, 9.17) is 11.6 Å². The Morgan fingerprint density at radius 3 is 2.83 bits per heavy atom. The Morgan fingerprint density at radius 1 is 1.17 bits per heavy atom. The topological polar surface area (TPSA) is 15.8 Å². The lowest BCUT2D eigenvalue weighted by atomic mass is 9.85. The average Bonchev–Trinajstić information content (AvgIpc) is 2.82. The fourth-order valence-electron chi connectivity index (χ4n) is 3.22. The number of para-hydroxylation sites is 1. The lowest BCUT2D eigenvalue weighted by molar-refractivity contribution is 0.339. The lowest BCUT2D eigenvalue weighted by Gasteiger charge is -2.21. The summed E-state index contributed by atoms with van der Waals surface area (Å²) in [5.74, 6) is 0.947. The van der Waals surface area contributed by atoms with Crippen molar-refractivity contribution in [1.29, 1.82) is 0 Å². The van der Waals surface area contributed by atoms with E-state index < -0.39 is 0 Å². The minimum atomic E-state index is 0.830. The van der Waals surface area contributed by atoms with Crippen molar-refractivity contribution in [3.8, 4) is 0 Å². The van der Waals surface area contributed by atoms with E-state index in [2.05, 4.69) is 17.2 Å². The second-order valence-electron chi connectivity index (χ2n) is 5.52. The van der Waals surface area contributed by atoms with Crippen LogP contribution in [0.25, 0.3) is 10.9 Å². The van der Waals surface area contributed by atoms with E-state index in [0.29, 0.717) is 0 Å². The van der Waals surface area contributed by atoms with E-state index in [1.165, 1.54) is 55.9 Å². The van der Waals surface area contributed by atoms with Crippen molar-refractivity contribution in [2.24, 2.45) is 5.92 Å². The molecule has 18 heavy (non-hydrogen) atoms. The molecule has 1 fully saturated rings. The maximum absolute atomic E-state index is 6.19. The monoisotopic (exact) mass is 261 g/mol. The maximum Gasteiger partial charge on any atom is 0.0647 e. The maximum atomic E-state index is 6.19. The first-order chi connectivity index (χ1) is 8.84. The third kappa shape index (κ3) is 2.42. The van der Waals surface area contributed by atoms with E-state index in [9.17, 15) is 0 Å². The third-order valence-corrected chi connectivity index (χ3v) is 4.61. The number of aromatic nitrogens is 1. The van der Waals surface area contributed by atoms with Gasteiger partial charge in [0.05, 0.1) is 10.5 Å². The highest BCUT2D eigenvalue weighted by atomic mass is 35.5. The molecular weight excluding hydrogens is 242 g/mol. The molecule has 1 N–H and O–H groups in total. The van der Waals surface area contributed by atoms with Crippen molar-refractivity contribution < 1.29 is 0 Å². The molecular formula is C16H20ClN. The van der Waals surface area contributed by atoms with E-state index in [-0.39, 0.29) is 0 Å². The first kappa shape index (κ1) is 12.1.